The van der Waals surface area contributed by atoms with Crippen LogP contribution in [-0.4, -0.2) is 67.8 Å². The van der Waals surface area contributed by atoms with Crippen molar-refractivity contribution in [3.8, 4) is 11.5 Å². The number of benzene rings is 1. The molecule has 1 spiro atoms. The van der Waals surface area contributed by atoms with Crippen molar-refractivity contribution < 1.29 is 19.0 Å². The molecule has 172 valence electrons. The van der Waals surface area contributed by atoms with E-state index in [0.29, 0.717) is 12.5 Å². The largest absolute Gasteiger partial charge is 0.493 e. The van der Waals surface area contributed by atoms with E-state index in [0.717, 1.165) is 76.5 Å². The summed E-state index contributed by atoms with van der Waals surface area (Å²) in [5, 5.41) is 0. The van der Waals surface area contributed by atoms with Crippen LogP contribution < -0.4 is 9.47 Å². The molecular formula is C25H38N2O4. The van der Waals surface area contributed by atoms with Gasteiger partial charge in [0.05, 0.1) is 19.3 Å². The Hall–Kier alpha value is -1.79. The number of carbonyl (C=O) groups excluding carboxylic acids is 1. The Bertz CT molecular complexity index is 729. The zero-order chi connectivity index (χ0) is 21.7. The Morgan fingerprint density at radius 3 is 2.52 bits per heavy atom. The van der Waals surface area contributed by atoms with E-state index in [4.69, 9.17) is 14.2 Å². The lowest BCUT2D eigenvalue weighted by atomic mass is 9.84. The zero-order valence-corrected chi connectivity index (χ0v) is 19.2. The first kappa shape index (κ1) is 22.4. The third kappa shape index (κ3) is 5.35. The van der Waals surface area contributed by atoms with Crippen molar-refractivity contribution in [2.24, 2.45) is 5.92 Å². The number of amides is 1. The fourth-order valence-electron chi connectivity index (χ4n) is 5.38. The number of rotatable bonds is 6. The lowest BCUT2D eigenvalue weighted by Gasteiger charge is -2.45. The summed E-state index contributed by atoms with van der Waals surface area (Å²) < 4.78 is 17.2. The van der Waals surface area contributed by atoms with Gasteiger partial charge in [-0.1, -0.05) is 6.07 Å². The van der Waals surface area contributed by atoms with Gasteiger partial charge < -0.3 is 19.1 Å². The van der Waals surface area contributed by atoms with Gasteiger partial charge in [-0.3, -0.25) is 9.69 Å². The van der Waals surface area contributed by atoms with Gasteiger partial charge in [0, 0.05) is 32.2 Å². The van der Waals surface area contributed by atoms with Crippen LogP contribution in [0, 0.1) is 5.92 Å². The SMILES string of the molecule is CCOc1ccc(CN2CCC(C(=O)N3CCC4(CCCCO4)CC3)CC2)cc1OC. The van der Waals surface area contributed by atoms with E-state index in [1.54, 1.807) is 7.11 Å². The third-order valence-electron chi connectivity index (χ3n) is 7.29. The second kappa shape index (κ2) is 10.2. The van der Waals surface area contributed by atoms with E-state index in [9.17, 15) is 4.79 Å². The summed E-state index contributed by atoms with van der Waals surface area (Å²) in [4.78, 5) is 17.7. The highest BCUT2D eigenvalue weighted by atomic mass is 16.5. The van der Waals surface area contributed by atoms with E-state index in [1.807, 2.05) is 13.0 Å². The molecule has 0 radical (unpaired) electrons. The van der Waals surface area contributed by atoms with Gasteiger partial charge in [-0.05, 0) is 82.7 Å². The molecule has 3 aliphatic rings. The minimum absolute atomic E-state index is 0.0666. The van der Waals surface area contributed by atoms with Crippen molar-refractivity contribution in [2.75, 3.05) is 46.5 Å². The van der Waals surface area contributed by atoms with Crippen LogP contribution in [0.15, 0.2) is 18.2 Å². The number of likely N-dealkylation sites (tertiary alicyclic amines) is 2. The molecule has 1 aromatic rings. The quantitative estimate of drug-likeness (QED) is 0.686. The number of ether oxygens (including phenoxy) is 3. The Kier molecular flexibility index (Phi) is 7.39. The van der Waals surface area contributed by atoms with Crippen molar-refractivity contribution in [1.29, 1.82) is 0 Å². The predicted octanol–water partition coefficient (Wildman–Crippen LogP) is 3.87. The second-order valence-corrected chi connectivity index (χ2v) is 9.28. The van der Waals surface area contributed by atoms with E-state index in [2.05, 4.69) is 21.9 Å². The minimum atomic E-state index is 0.0666. The van der Waals surface area contributed by atoms with Crippen LogP contribution in [0.5, 0.6) is 11.5 Å². The maximum absolute atomic E-state index is 13.1. The van der Waals surface area contributed by atoms with E-state index in [1.165, 1.54) is 24.8 Å². The summed E-state index contributed by atoms with van der Waals surface area (Å²) >= 11 is 0. The first-order chi connectivity index (χ1) is 15.1. The zero-order valence-electron chi connectivity index (χ0n) is 19.2. The van der Waals surface area contributed by atoms with Crippen LogP contribution in [0.2, 0.25) is 0 Å². The molecule has 4 rings (SSSR count). The van der Waals surface area contributed by atoms with Crippen molar-refractivity contribution in [3.63, 3.8) is 0 Å². The number of hydrogen-bond donors (Lipinski definition) is 0. The normalized spacial score (nSPS) is 22.5. The highest BCUT2D eigenvalue weighted by Gasteiger charge is 2.39. The van der Waals surface area contributed by atoms with Crippen molar-refractivity contribution in [1.82, 2.24) is 9.80 Å². The number of nitrogens with zero attached hydrogens (tertiary/aromatic N) is 2. The highest BCUT2D eigenvalue weighted by molar-refractivity contribution is 5.79. The smallest absolute Gasteiger partial charge is 0.225 e. The molecule has 0 unspecified atom stereocenters. The summed E-state index contributed by atoms with van der Waals surface area (Å²) in [6, 6.07) is 6.17. The lowest BCUT2D eigenvalue weighted by Crippen LogP contribution is -2.51. The number of hydrogen-bond acceptors (Lipinski definition) is 5. The Morgan fingerprint density at radius 2 is 1.87 bits per heavy atom. The van der Waals surface area contributed by atoms with Crippen LogP contribution in [-0.2, 0) is 16.1 Å². The molecule has 31 heavy (non-hydrogen) atoms. The molecule has 3 aliphatic heterocycles. The van der Waals surface area contributed by atoms with Gasteiger partial charge in [0.2, 0.25) is 5.91 Å². The number of piperidine rings is 2. The Morgan fingerprint density at radius 1 is 1.10 bits per heavy atom. The highest BCUT2D eigenvalue weighted by Crippen LogP contribution is 2.36. The molecule has 3 heterocycles. The summed E-state index contributed by atoms with van der Waals surface area (Å²) in [5.41, 5.74) is 1.29. The predicted molar refractivity (Wildman–Crippen MR) is 121 cm³/mol. The molecule has 6 heteroatoms. The summed E-state index contributed by atoms with van der Waals surface area (Å²) in [7, 11) is 1.68. The minimum Gasteiger partial charge on any atom is -0.493 e. The molecule has 3 saturated heterocycles. The fraction of sp³-hybridized carbons (Fsp3) is 0.720. The van der Waals surface area contributed by atoms with Crippen LogP contribution >= 0.6 is 0 Å². The maximum Gasteiger partial charge on any atom is 0.225 e. The van der Waals surface area contributed by atoms with Crippen LogP contribution in [0.1, 0.15) is 57.4 Å². The number of carbonyl (C=O) groups is 1. The van der Waals surface area contributed by atoms with Gasteiger partial charge in [-0.15, -0.1) is 0 Å². The van der Waals surface area contributed by atoms with E-state index < -0.39 is 0 Å². The monoisotopic (exact) mass is 430 g/mol. The summed E-state index contributed by atoms with van der Waals surface area (Å²) in [6.45, 7) is 8.04. The molecule has 0 aliphatic carbocycles. The second-order valence-electron chi connectivity index (χ2n) is 9.28. The molecular weight excluding hydrogens is 392 g/mol. The summed E-state index contributed by atoms with van der Waals surface area (Å²) in [6.07, 6.45) is 7.55. The third-order valence-corrected chi connectivity index (χ3v) is 7.29. The average Bonchev–Trinajstić information content (AvgIpc) is 2.81. The number of methoxy groups -OCH3 is 1. The molecule has 1 aromatic carbocycles. The first-order valence-electron chi connectivity index (χ1n) is 12.1. The van der Waals surface area contributed by atoms with Crippen LogP contribution in [0.3, 0.4) is 0 Å². The standard InChI is InChI=1S/C25H38N2O4/c1-3-30-22-7-6-20(18-23(22)29-2)19-26-13-8-21(9-14-26)24(28)27-15-11-25(12-16-27)10-4-5-17-31-25/h6-7,18,21H,3-5,8-17,19H2,1-2H3. The molecule has 3 fully saturated rings. The Labute approximate surface area is 186 Å². The van der Waals surface area contributed by atoms with Crippen molar-refractivity contribution >= 4 is 5.91 Å². The Balaban J connectivity index is 1.25. The van der Waals surface area contributed by atoms with E-state index in [-0.39, 0.29) is 11.5 Å². The molecule has 0 aromatic heterocycles. The average molecular weight is 431 g/mol. The van der Waals surface area contributed by atoms with Gasteiger partial charge in [0.15, 0.2) is 11.5 Å². The topological polar surface area (TPSA) is 51.2 Å². The first-order valence-corrected chi connectivity index (χ1v) is 12.1. The molecule has 0 atom stereocenters. The van der Waals surface area contributed by atoms with Crippen molar-refractivity contribution in [3.05, 3.63) is 23.8 Å². The molecule has 0 saturated carbocycles. The molecule has 0 N–H and O–H groups in total. The van der Waals surface area contributed by atoms with Gasteiger partial charge >= 0.3 is 0 Å². The van der Waals surface area contributed by atoms with Gasteiger partial charge in [-0.25, -0.2) is 0 Å². The fourth-order valence-corrected chi connectivity index (χ4v) is 5.38. The van der Waals surface area contributed by atoms with Crippen LogP contribution in [0.4, 0.5) is 0 Å². The summed E-state index contributed by atoms with van der Waals surface area (Å²) in [5.74, 6) is 2.12. The molecule has 6 nitrogen and oxygen atoms in total. The van der Waals surface area contributed by atoms with Gasteiger partial charge in [-0.2, -0.15) is 0 Å². The van der Waals surface area contributed by atoms with Gasteiger partial charge in [0.25, 0.3) is 0 Å². The molecule has 1 amide bonds. The van der Waals surface area contributed by atoms with Crippen molar-refractivity contribution in [2.45, 2.75) is 64.0 Å². The van der Waals surface area contributed by atoms with Gasteiger partial charge in [0.1, 0.15) is 0 Å². The maximum atomic E-state index is 13.1. The molecule has 0 bridgehead atoms. The van der Waals surface area contributed by atoms with E-state index >= 15 is 0 Å². The van der Waals surface area contributed by atoms with Crippen LogP contribution in [0.25, 0.3) is 0 Å². The lowest BCUT2D eigenvalue weighted by molar-refractivity contribution is -0.147.